The highest BCUT2D eigenvalue weighted by atomic mass is 16.3. The molecule has 0 radical (unpaired) electrons. The summed E-state index contributed by atoms with van der Waals surface area (Å²) in [5.74, 6) is 0. The maximum absolute atomic E-state index is 9.53. The first-order valence-corrected chi connectivity index (χ1v) is 4.10. The van der Waals surface area contributed by atoms with Crippen molar-refractivity contribution in [2.75, 3.05) is 6.61 Å². The second-order valence-corrected chi connectivity index (χ2v) is 3.05. The minimum absolute atomic E-state index is 0.0486. The molecule has 0 spiro atoms. The Labute approximate surface area is 68.6 Å². The van der Waals surface area contributed by atoms with Gasteiger partial charge in [0, 0.05) is 6.61 Å². The molecular weight excluding hydrogens is 140 g/mol. The molecule has 0 aromatic carbocycles. The van der Waals surface area contributed by atoms with Crippen LogP contribution in [0.2, 0.25) is 0 Å². The lowest BCUT2D eigenvalue weighted by Gasteiger charge is -2.19. The molecule has 0 amide bonds. The topological polar surface area (TPSA) is 40.5 Å². The van der Waals surface area contributed by atoms with E-state index in [9.17, 15) is 5.11 Å². The molecule has 0 aliphatic heterocycles. The predicted molar refractivity (Wildman–Crippen MR) is 46.4 cm³/mol. The molecule has 66 valence electrons. The third kappa shape index (κ3) is 6.07. The summed E-state index contributed by atoms with van der Waals surface area (Å²) in [6, 6.07) is 0. The summed E-state index contributed by atoms with van der Waals surface area (Å²) in [7, 11) is 0. The zero-order valence-electron chi connectivity index (χ0n) is 7.38. The van der Waals surface area contributed by atoms with Gasteiger partial charge in [0.1, 0.15) is 0 Å². The fourth-order valence-corrected chi connectivity index (χ4v) is 0.847. The van der Waals surface area contributed by atoms with Gasteiger partial charge in [0.05, 0.1) is 5.60 Å². The largest absolute Gasteiger partial charge is 0.396 e. The van der Waals surface area contributed by atoms with Gasteiger partial charge in [0.25, 0.3) is 0 Å². The summed E-state index contributed by atoms with van der Waals surface area (Å²) < 4.78 is 0. The fraction of sp³-hybridized carbons (Fsp3) is 0.778. The maximum atomic E-state index is 9.53. The second-order valence-electron chi connectivity index (χ2n) is 3.05. The molecule has 0 unspecified atom stereocenters. The van der Waals surface area contributed by atoms with E-state index < -0.39 is 5.60 Å². The number of hydrogen-bond acceptors (Lipinski definition) is 2. The van der Waals surface area contributed by atoms with E-state index in [1.807, 2.05) is 12.2 Å². The molecule has 2 nitrogen and oxygen atoms in total. The Hall–Kier alpha value is -0.340. The van der Waals surface area contributed by atoms with Crippen molar-refractivity contribution in [3.05, 3.63) is 12.2 Å². The lowest BCUT2D eigenvalue weighted by Crippen LogP contribution is -2.24. The van der Waals surface area contributed by atoms with Crippen LogP contribution in [0.1, 0.15) is 33.1 Å². The first-order chi connectivity index (χ1) is 5.12. The van der Waals surface area contributed by atoms with E-state index in [0.717, 1.165) is 6.42 Å². The average Bonchev–Trinajstić information content (AvgIpc) is 1.87. The van der Waals surface area contributed by atoms with Gasteiger partial charge in [-0.25, -0.2) is 0 Å². The van der Waals surface area contributed by atoms with Crippen molar-refractivity contribution < 1.29 is 10.2 Å². The highest BCUT2D eigenvalue weighted by Gasteiger charge is 2.16. The summed E-state index contributed by atoms with van der Waals surface area (Å²) in [6.45, 7) is 3.84. The average molecular weight is 158 g/mol. The first kappa shape index (κ1) is 10.7. The quantitative estimate of drug-likeness (QED) is 0.595. The Morgan fingerprint density at radius 1 is 1.36 bits per heavy atom. The van der Waals surface area contributed by atoms with Crippen LogP contribution in [0.25, 0.3) is 0 Å². The number of aliphatic hydroxyl groups excluding tert-OH is 1. The van der Waals surface area contributed by atoms with Crippen LogP contribution < -0.4 is 0 Å². The van der Waals surface area contributed by atoms with Crippen LogP contribution in [0.4, 0.5) is 0 Å². The summed E-state index contributed by atoms with van der Waals surface area (Å²) in [6.07, 6.45) is 6.04. The van der Waals surface area contributed by atoms with Crippen molar-refractivity contribution in [2.45, 2.75) is 38.7 Å². The van der Waals surface area contributed by atoms with E-state index in [4.69, 9.17) is 5.11 Å². The molecular formula is C9H18O2. The summed E-state index contributed by atoms with van der Waals surface area (Å²) in [5.41, 5.74) is -0.736. The SMILES string of the molecule is CC/C=C/C[C@](C)(O)CCO. The minimum Gasteiger partial charge on any atom is -0.396 e. The highest BCUT2D eigenvalue weighted by molar-refractivity contribution is 4.88. The van der Waals surface area contributed by atoms with Gasteiger partial charge < -0.3 is 10.2 Å². The van der Waals surface area contributed by atoms with Gasteiger partial charge in [-0.1, -0.05) is 19.1 Å². The Morgan fingerprint density at radius 2 is 2.00 bits per heavy atom. The van der Waals surface area contributed by atoms with Gasteiger partial charge in [0.2, 0.25) is 0 Å². The second kappa shape index (κ2) is 5.33. The van der Waals surface area contributed by atoms with E-state index in [1.165, 1.54) is 0 Å². The van der Waals surface area contributed by atoms with Crippen molar-refractivity contribution in [2.24, 2.45) is 0 Å². The van der Waals surface area contributed by atoms with Gasteiger partial charge >= 0.3 is 0 Å². The monoisotopic (exact) mass is 158 g/mol. The van der Waals surface area contributed by atoms with Crippen LogP contribution in [-0.2, 0) is 0 Å². The van der Waals surface area contributed by atoms with E-state index in [2.05, 4.69) is 6.92 Å². The molecule has 0 aromatic heterocycles. The van der Waals surface area contributed by atoms with E-state index in [0.29, 0.717) is 12.8 Å². The van der Waals surface area contributed by atoms with Gasteiger partial charge in [-0.2, -0.15) is 0 Å². The fourth-order valence-electron chi connectivity index (χ4n) is 0.847. The Morgan fingerprint density at radius 3 is 2.45 bits per heavy atom. The maximum Gasteiger partial charge on any atom is 0.0675 e. The normalized spacial score (nSPS) is 17.1. The van der Waals surface area contributed by atoms with E-state index in [-0.39, 0.29) is 6.61 Å². The smallest absolute Gasteiger partial charge is 0.0675 e. The van der Waals surface area contributed by atoms with Crippen LogP contribution in [0, 0.1) is 0 Å². The van der Waals surface area contributed by atoms with E-state index >= 15 is 0 Å². The molecule has 1 atom stereocenters. The lowest BCUT2D eigenvalue weighted by atomic mass is 9.98. The summed E-state index contributed by atoms with van der Waals surface area (Å²) >= 11 is 0. The highest BCUT2D eigenvalue weighted by Crippen LogP contribution is 2.14. The molecule has 0 aliphatic carbocycles. The van der Waals surface area contributed by atoms with Crippen molar-refractivity contribution in [1.29, 1.82) is 0 Å². The molecule has 2 N–H and O–H groups in total. The molecule has 0 heterocycles. The number of aliphatic hydroxyl groups is 2. The summed E-state index contributed by atoms with van der Waals surface area (Å²) in [4.78, 5) is 0. The standard InChI is InChI=1S/C9H18O2/c1-3-4-5-6-9(2,11)7-8-10/h4-5,10-11H,3,6-8H2,1-2H3/b5-4+/t9-/m0/s1. The Balaban J connectivity index is 3.62. The molecule has 0 fully saturated rings. The molecule has 0 saturated heterocycles. The van der Waals surface area contributed by atoms with Gasteiger partial charge in [-0.05, 0) is 26.2 Å². The molecule has 2 heteroatoms. The summed E-state index contributed by atoms with van der Waals surface area (Å²) in [5, 5.41) is 18.1. The Bertz CT molecular complexity index is 117. The van der Waals surface area contributed by atoms with Crippen LogP contribution in [-0.4, -0.2) is 22.4 Å². The number of rotatable bonds is 5. The van der Waals surface area contributed by atoms with Gasteiger partial charge in [-0.3, -0.25) is 0 Å². The molecule has 0 aliphatic rings. The van der Waals surface area contributed by atoms with Crippen molar-refractivity contribution in [1.82, 2.24) is 0 Å². The number of allylic oxidation sites excluding steroid dienone is 1. The van der Waals surface area contributed by atoms with Crippen LogP contribution in [0.5, 0.6) is 0 Å². The first-order valence-electron chi connectivity index (χ1n) is 4.10. The zero-order valence-corrected chi connectivity index (χ0v) is 7.38. The minimum atomic E-state index is -0.736. The lowest BCUT2D eigenvalue weighted by molar-refractivity contribution is 0.0362. The van der Waals surface area contributed by atoms with Crippen LogP contribution in [0.3, 0.4) is 0 Å². The third-order valence-corrected chi connectivity index (χ3v) is 1.61. The zero-order chi connectivity index (χ0) is 8.74. The van der Waals surface area contributed by atoms with Crippen LogP contribution >= 0.6 is 0 Å². The third-order valence-electron chi connectivity index (χ3n) is 1.61. The van der Waals surface area contributed by atoms with Crippen molar-refractivity contribution in [3.63, 3.8) is 0 Å². The number of hydrogen-bond donors (Lipinski definition) is 2. The van der Waals surface area contributed by atoms with Crippen LogP contribution in [0.15, 0.2) is 12.2 Å². The van der Waals surface area contributed by atoms with Gasteiger partial charge in [0.15, 0.2) is 0 Å². The molecule has 0 bridgehead atoms. The molecule has 0 rings (SSSR count). The molecule has 11 heavy (non-hydrogen) atoms. The Kier molecular flexibility index (Phi) is 5.16. The van der Waals surface area contributed by atoms with E-state index in [1.54, 1.807) is 6.92 Å². The molecule has 0 aromatic rings. The predicted octanol–water partition coefficient (Wildman–Crippen LogP) is 1.48. The molecule has 0 saturated carbocycles. The van der Waals surface area contributed by atoms with Gasteiger partial charge in [-0.15, -0.1) is 0 Å². The van der Waals surface area contributed by atoms with Crippen molar-refractivity contribution >= 4 is 0 Å². The van der Waals surface area contributed by atoms with Crippen molar-refractivity contribution in [3.8, 4) is 0 Å².